The Bertz CT molecular complexity index is 1060. The second-order valence-electron chi connectivity index (χ2n) is 7.68. The summed E-state index contributed by atoms with van der Waals surface area (Å²) < 4.78 is 19.6. The number of anilines is 1. The Morgan fingerprint density at radius 1 is 1.04 bits per heavy atom. The van der Waals surface area contributed by atoms with Crippen molar-refractivity contribution in [1.82, 2.24) is 14.5 Å². The van der Waals surface area contributed by atoms with Crippen LogP contribution in [0.2, 0.25) is 0 Å². The van der Waals surface area contributed by atoms with Crippen LogP contribution in [0.3, 0.4) is 0 Å². The first kappa shape index (κ1) is 16.0. The summed E-state index contributed by atoms with van der Waals surface area (Å²) in [6.45, 7) is 3.67. The molecule has 0 amide bonds. The molecule has 1 saturated carbocycles. The molecule has 4 heterocycles. The molecule has 0 unspecified atom stereocenters. The number of nitrogens with zero attached hydrogens (tertiary/aromatic N) is 3. The van der Waals surface area contributed by atoms with Gasteiger partial charge in [-0.15, -0.1) is 0 Å². The maximum Gasteiger partial charge on any atom is 0.257 e. The molecule has 0 spiro atoms. The van der Waals surface area contributed by atoms with Gasteiger partial charge in [0, 0.05) is 36.6 Å². The van der Waals surface area contributed by atoms with E-state index in [4.69, 9.17) is 19.2 Å². The van der Waals surface area contributed by atoms with Gasteiger partial charge in [-0.25, -0.2) is 9.97 Å². The summed E-state index contributed by atoms with van der Waals surface area (Å²) in [5.41, 5.74) is 4.01. The van der Waals surface area contributed by atoms with Crippen molar-refractivity contribution in [3.8, 4) is 28.8 Å². The first-order chi connectivity index (χ1) is 13.8. The van der Waals surface area contributed by atoms with Crippen LogP contribution in [0.5, 0.6) is 17.4 Å². The molecule has 6 rings (SSSR count). The molecule has 144 valence electrons. The second kappa shape index (κ2) is 6.29. The van der Waals surface area contributed by atoms with Crippen molar-refractivity contribution in [2.24, 2.45) is 5.92 Å². The molecule has 3 aliphatic rings. The number of hydrogen-bond acceptors (Lipinski definition) is 6. The summed E-state index contributed by atoms with van der Waals surface area (Å²) in [5.74, 6) is 3.84. The molecular weight excluding hydrogens is 356 g/mol. The van der Waals surface area contributed by atoms with Crippen molar-refractivity contribution in [1.29, 1.82) is 0 Å². The Hall–Kier alpha value is -2.96. The van der Waals surface area contributed by atoms with Crippen molar-refractivity contribution in [3.63, 3.8) is 0 Å². The Kier molecular flexibility index (Phi) is 3.60. The molecule has 3 aromatic rings. The van der Waals surface area contributed by atoms with Crippen LogP contribution in [0.4, 0.5) is 5.69 Å². The van der Waals surface area contributed by atoms with Gasteiger partial charge in [0.1, 0.15) is 30.3 Å². The fourth-order valence-corrected chi connectivity index (χ4v) is 3.93. The van der Waals surface area contributed by atoms with E-state index in [9.17, 15) is 0 Å². The highest BCUT2D eigenvalue weighted by atomic mass is 16.6. The lowest BCUT2D eigenvalue weighted by Gasteiger charge is -2.17. The van der Waals surface area contributed by atoms with E-state index >= 15 is 0 Å². The van der Waals surface area contributed by atoms with Crippen LogP contribution >= 0.6 is 0 Å². The third kappa shape index (κ3) is 2.73. The van der Waals surface area contributed by atoms with Gasteiger partial charge in [0.25, 0.3) is 5.88 Å². The van der Waals surface area contributed by atoms with E-state index in [1.165, 1.54) is 12.8 Å². The quantitative estimate of drug-likeness (QED) is 0.750. The predicted molar refractivity (Wildman–Crippen MR) is 105 cm³/mol. The van der Waals surface area contributed by atoms with Crippen LogP contribution in [0.25, 0.3) is 22.4 Å². The van der Waals surface area contributed by atoms with Gasteiger partial charge >= 0.3 is 0 Å². The number of fused-ring (bicyclic) bond motifs is 1. The predicted octanol–water partition coefficient (Wildman–Crippen LogP) is 3.47. The highest BCUT2D eigenvalue weighted by Crippen LogP contribution is 2.38. The Morgan fingerprint density at radius 3 is 2.86 bits per heavy atom. The highest BCUT2D eigenvalue weighted by molar-refractivity contribution is 5.89. The Balaban J connectivity index is 1.46. The molecule has 2 aromatic heterocycles. The van der Waals surface area contributed by atoms with Gasteiger partial charge in [-0.3, -0.25) is 0 Å². The lowest BCUT2D eigenvalue weighted by atomic mass is 10.2. The fourth-order valence-electron chi connectivity index (χ4n) is 3.93. The molecule has 7 heteroatoms. The van der Waals surface area contributed by atoms with E-state index in [1.807, 2.05) is 12.3 Å². The van der Waals surface area contributed by atoms with Crippen LogP contribution in [0.15, 0.2) is 24.4 Å². The second-order valence-corrected chi connectivity index (χ2v) is 7.68. The average molecular weight is 378 g/mol. The maximum absolute atomic E-state index is 6.06. The van der Waals surface area contributed by atoms with Crippen molar-refractivity contribution < 1.29 is 14.2 Å². The smallest absolute Gasteiger partial charge is 0.257 e. The summed E-state index contributed by atoms with van der Waals surface area (Å²) in [6, 6.07) is 6.21. The van der Waals surface area contributed by atoms with E-state index < -0.39 is 0 Å². The molecule has 0 atom stereocenters. The summed E-state index contributed by atoms with van der Waals surface area (Å²) in [6.07, 6.45) is 5.41. The number of imidazole rings is 1. The molecule has 1 aliphatic carbocycles. The highest BCUT2D eigenvalue weighted by Gasteiger charge is 2.24. The summed E-state index contributed by atoms with van der Waals surface area (Å²) >= 11 is 0. The van der Waals surface area contributed by atoms with Gasteiger partial charge in [0.05, 0.1) is 12.1 Å². The largest absolute Gasteiger partial charge is 0.491 e. The van der Waals surface area contributed by atoms with Gasteiger partial charge < -0.3 is 24.1 Å². The zero-order valence-electron chi connectivity index (χ0n) is 15.6. The molecule has 2 aliphatic heterocycles. The zero-order chi connectivity index (χ0) is 18.5. The molecule has 28 heavy (non-hydrogen) atoms. The lowest BCUT2D eigenvalue weighted by molar-refractivity contribution is 0.164. The molecule has 1 fully saturated rings. The van der Waals surface area contributed by atoms with Gasteiger partial charge in [-0.2, -0.15) is 0 Å². The standard InChI is InChI=1S/C21H22N4O3/c1-4-25-19-16(9-15(10-17(19)26-5-1)22-11-13-2-3-13)24-20(25)14-8-18-21(23-12-14)28-7-6-27-18/h8-10,12-13,22H,1-7,11H2. The van der Waals surface area contributed by atoms with E-state index in [1.54, 1.807) is 0 Å². The van der Waals surface area contributed by atoms with Crippen LogP contribution in [0, 0.1) is 5.92 Å². The van der Waals surface area contributed by atoms with Crippen molar-refractivity contribution in [3.05, 3.63) is 24.4 Å². The van der Waals surface area contributed by atoms with Crippen molar-refractivity contribution in [2.75, 3.05) is 31.7 Å². The van der Waals surface area contributed by atoms with Gasteiger partial charge in [-0.1, -0.05) is 0 Å². The van der Waals surface area contributed by atoms with Crippen molar-refractivity contribution in [2.45, 2.75) is 25.8 Å². The lowest BCUT2D eigenvalue weighted by Crippen LogP contribution is -2.16. The molecule has 1 N–H and O–H groups in total. The SMILES string of the molecule is c1nc2c(cc1-c1nc3cc(NCC4CC4)cc4c3n1CCCO4)OCCO2. The van der Waals surface area contributed by atoms with Crippen LogP contribution in [-0.4, -0.2) is 40.9 Å². The molecule has 1 aromatic carbocycles. The van der Waals surface area contributed by atoms with Gasteiger partial charge in [0.2, 0.25) is 0 Å². The van der Waals surface area contributed by atoms with Crippen LogP contribution in [-0.2, 0) is 6.54 Å². The first-order valence-corrected chi connectivity index (χ1v) is 10.0. The van der Waals surface area contributed by atoms with E-state index in [-0.39, 0.29) is 0 Å². The summed E-state index contributed by atoms with van der Waals surface area (Å²) in [4.78, 5) is 9.39. The van der Waals surface area contributed by atoms with Crippen LogP contribution in [0.1, 0.15) is 19.3 Å². The third-order valence-electron chi connectivity index (χ3n) is 5.54. The average Bonchev–Trinajstić information content (AvgIpc) is 3.51. The number of hydrogen-bond donors (Lipinski definition) is 1. The van der Waals surface area contributed by atoms with Gasteiger partial charge in [-0.05, 0) is 37.3 Å². The third-order valence-corrected chi connectivity index (χ3v) is 5.54. The van der Waals surface area contributed by atoms with Gasteiger partial charge in [0.15, 0.2) is 5.75 Å². The monoisotopic (exact) mass is 378 g/mol. The van der Waals surface area contributed by atoms with E-state index in [0.29, 0.717) is 31.5 Å². The number of aryl methyl sites for hydroxylation is 1. The number of benzene rings is 1. The molecule has 0 bridgehead atoms. The minimum absolute atomic E-state index is 0.537. The van der Waals surface area contributed by atoms with Crippen LogP contribution < -0.4 is 19.5 Å². The molecular formula is C21H22N4O3. The normalized spacial score (nSPS) is 17.9. The first-order valence-electron chi connectivity index (χ1n) is 10.0. The van der Waals surface area contributed by atoms with E-state index in [0.717, 1.165) is 59.3 Å². The Morgan fingerprint density at radius 2 is 1.93 bits per heavy atom. The maximum atomic E-state index is 6.06. The topological polar surface area (TPSA) is 70.4 Å². The number of rotatable bonds is 4. The molecule has 0 saturated heterocycles. The number of ether oxygens (including phenoxy) is 3. The summed E-state index contributed by atoms with van der Waals surface area (Å²) in [5, 5.41) is 3.55. The summed E-state index contributed by atoms with van der Waals surface area (Å²) in [7, 11) is 0. The minimum Gasteiger partial charge on any atom is -0.491 e. The van der Waals surface area contributed by atoms with E-state index in [2.05, 4.69) is 27.0 Å². The fraction of sp³-hybridized carbons (Fsp3) is 0.429. The minimum atomic E-state index is 0.537. The number of pyridine rings is 1. The molecule has 7 nitrogen and oxygen atoms in total. The number of nitrogens with one attached hydrogen (secondary N) is 1. The zero-order valence-corrected chi connectivity index (χ0v) is 15.6. The molecule has 0 radical (unpaired) electrons. The van der Waals surface area contributed by atoms with Crippen molar-refractivity contribution >= 4 is 16.7 Å². The Labute approximate surface area is 162 Å². The number of aromatic nitrogens is 3.